The SMILES string of the molecule is Cc1cccc(C(N)(CCC2CC2)c2ccc(C#N)cc2)c1. The van der Waals surface area contributed by atoms with Crippen LogP contribution in [0, 0.1) is 24.2 Å². The summed E-state index contributed by atoms with van der Waals surface area (Å²) in [5.41, 5.74) is 10.6. The minimum atomic E-state index is -0.470. The molecule has 22 heavy (non-hydrogen) atoms. The highest BCUT2D eigenvalue weighted by atomic mass is 14.7. The summed E-state index contributed by atoms with van der Waals surface area (Å²) >= 11 is 0. The molecule has 3 rings (SSSR count). The number of nitrogens with two attached hydrogens (primary N) is 1. The molecule has 0 radical (unpaired) electrons. The highest BCUT2D eigenvalue weighted by Gasteiger charge is 2.32. The molecule has 0 heterocycles. The van der Waals surface area contributed by atoms with Gasteiger partial charge in [-0.15, -0.1) is 0 Å². The van der Waals surface area contributed by atoms with Gasteiger partial charge in [0.1, 0.15) is 0 Å². The summed E-state index contributed by atoms with van der Waals surface area (Å²) < 4.78 is 0. The number of benzene rings is 2. The van der Waals surface area contributed by atoms with Gasteiger partial charge in [-0.1, -0.05) is 54.8 Å². The van der Waals surface area contributed by atoms with Crippen LogP contribution in [-0.2, 0) is 5.54 Å². The van der Waals surface area contributed by atoms with E-state index in [9.17, 15) is 0 Å². The Morgan fingerprint density at radius 2 is 1.86 bits per heavy atom. The van der Waals surface area contributed by atoms with Gasteiger partial charge in [0, 0.05) is 0 Å². The van der Waals surface area contributed by atoms with Crippen molar-refractivity contribution < 1.29 is 0 Å². The quantitative estimate of drug-likeness (QED) is 0.894. The molecule has 1 fully saturated rings. The molecular weight excluding hydrogens is 268 g/mol. The van der Waals surface area contributed by atoms with Crippen molar-refractivity contribution in [3.8, 4) is 6.07 Å². The Balaban J connectivity index is 1.98. The maximum absolute atomic E-state index is 8.99. The van der Waals surface area contributed by atoms with Gasteiger partial charge in [0.05, 0.1) is 17.2 Å². The average molecular weight is 290 g/mol. The molecule has 0 aliphatic heterocycles. The van der Waals surface area contributed by atoms with Crippen LogP contribution >= 0.6 is 0 Å². The fourth-order valence-electron chi connectivity index (χ4n) is 3.06. The highest BCUT2D eigenvalue weighted by Crippen LogP contribution is 2.39. The van der Waals surface area contributed by atoms with Crippen molar-refractivity contribution in [3.05, 3.63) is 70.8 Å². The Kier molecular flexibility index (Phi) is 4.00. The van der Waals surface area contributed by atoms with Crippen LogP contribution in [0.3, 0.4) is 0 Å². The molecule has 0 bridgehead atoms. The lowest BCUT2D eigenvalue weighted by Gasteiger charge is -2.31. The predicted molar refractivity (Wildman–Crippen MR) is 89.3 cm³/mol. The van der Waals surface area contributed by atoms with Crippen molar-refractivity contribution in [1.82, 2.24) is 0 Å². The van der Waals surface area contributed by atoms with Gasteiger partial charge < -0.3 is 5.73 Å². The molecule has 1 aliphatic carbocycles. The van der Waals surface area contributed by atoms with Crippen LogP contribution in [0.2, 0.25) is 0 Å². The summed E-state index contributed by atoms with van der Waals surface area (Å²) in [6.45, 7) is 2.10. The van der Waals surface area contributed by atoms with E-state index in [-0.39, 0.29) is 0 Å². The first-order valence-electron chi connectivity index (χ1n) is 7.98. The number of aryl methyl sites for hydroxylation is 1. The van der Waals surface area contributed by atoms with Gasteiger partial charge in [0.25, 0.3) is 0 Å². The highest BCUT2D eigenvalue weighted by molar-refractivity contribution is 5.42. The molecule has 0 aromatic heterocycles. The second kappa shape index (κ2) is 5.94. The van der Waals surface area contributed by atoms with Crippen molar-refractivity contribution in [1.29, 1.82) is 5.26 Å². The Labute approximate surface area is 132 Å². The smallest absolute Gasteiger partial charge is 0.0991 e. The fourth-order valence-corrected chi connectivity index (χ4v) is 3.06. The second-order valence-electron chi connectivity index (χ2n) is 6.51. The minimum absolute atomic E-state index is 0.470. The molecule has 2 N–H and O–H groups in total. The molecule has 112 valence electrons. The van der Waals surface area contributed by atoms with Crippen molar-refractivity contribution in [2.75, 3.05) is 0 Å². The minimum Gasteiger partial charge on any atom is -0.318 e. The van der Waals surface area contributed by atoms with Crippen LogP contribution < -0.4 is 5.73 Å². The van der Waals surface area contributed by atoms with Crippen molar-refractivity contribution in [2.24, 2.45) is 11.7 Å². The zero-order chi connectivity index (χ0) is 15.6. The van der Waals surface area contributed by atoms with Gasteiger partial charge in [0.2, 0.25) is 0 Å². The van der Waals surface area contributed by atoms with Crippen molar-refractivity contribution in [2.45, 2.75) is 38.1 Å². The van der Waals surface area contributed by atoms with E-state index in [1.165, 1.54) is 24.8 Å². The first-order valence-corrected chi connectivity index (χ1v) is 7.98. The Morgan fingerprint density at radius 1 is 1.14 bits per heavy atom. The van der Waals surface area contributed by atoms with Crippen LogP contribution in [0.25, 0.3) is 0 Å². The van der Waals surface area contributed by atoms with E-state index < -0.39 is 5.54 Å². The van der Waals surface area contributed by atoms with E-state index in [2.05, 4.69) is 37.3 Å². The molecule has 1 atom stereocenters. The molecule has 0 saturated heterocycles. The van der Waals surface area contributed by atoms with E-state index in [4.69, 9.17) is 11.0 Å². The molecule has 1 aliphatic rings. The molecule has 1 saturated carbocycles. The largest absolute Gasteiger partial charge is 0.318 e. The van der Waals surface area contributed by atoms with Crippen LogP contribution in [0.5, 0.6) is 0 Å². The van der Waals surface area contributed by atoms with E-state index in [0.717, 1.165) is 23.5 Å². The molecular formula is C20H22N2. The van der Waals surface area contributed by atoms with Crippen LogP contribution in [0.1, 0.15) is 47.9 Å². The van der Waals surface area contributed by atoms with E-state index in [1.807, 2.05) is 24.3 Å². The first kappa shape index (κ1) is 14.8. The molecule has 1 unspecified atom stereocenters. The number of rotatable bonds is 5. The van der Waals surface area contributed by atoms with E-state index >= 15 is 0 Å². The van der Waals surface area contributed by atoms with Gasteiger partial charge in [-0.2, -0.15) is 5.26 Å². The summed E-state index contributed by atoms with van der Waals surface area (Å²) in [4.78, 5) is 0. The first-order chi connectivity index (χ1) is 10.6. The summed E-state index contributed by atoms with van der Waals surface area (Å²) in [6.07, 6.45) is 4.81. The van der Waals surface area contributed by atoms with Crippen LogP contribution in [0.15, 0.2) is 48.5 Å². The number of nitriles is 1. The number of hydrogen-bond acceptors (Lipinski definition) is 2. The standard InChI is InChI=1S/C20H22N2/c1-15-3-2-4-19(13-15)20(22,12-11-16-5-6-16)18-9-7-17(14-21)8-10-18/h2-4,7-10,13,16H,5-6,11-12,22H2,1H3. The lowest BCUT2D eigenvalue weighted by atomic mass is 9.79. The topological polar surface area (TPSA) is 49.8 Å². The third-order valence-electron chi connectivity index (χ3n) is 4.71. The fraction of sp³-hybridized carbons (Fsp3) is 0.350. The van der Waals surface area contributed by atoms with Crippen molar-refractivity contribution in [3.63, 3.8) is 0 Å². The van der Waals surface area contributed by atoms with Gasteiger partial charge in [-0.25, -0.2) is 0 Å². The maximum atomic E-state index is 8.99. The summed E-state index contributed by atoms with van der Waals surface area (Å²) in [5.74, 6) is 0.853. The molecule has 2 aromatic rings. The molecule has 0 spiro atoms. The van der Waals surface area contributed by atoms with Gasteiger partial charge in [-0.3, -0.25) is 0 Å². The average Bonchev–Trinajstić information content (AvgIpc) is 3.37. The normalized spacial score (nSPS) is 16.8. The van der Waals surface area contributed by atoms with Gasteiger partial charge in [0.15, 0.2) is 0 Å². The molecule has 2 aromatic carbocycles. The van der Waals surface area contributed by atoms with E-state index in [1.54, 1.807) is 0 Å². The summed E-state index contributed by atoms with van der Waals surface area (Å²) in [6, 6.07) is 18.4. The number of nitrogens with zero attached hydrogens (tertiary/aromatic N) is 1. The maximum Gasteiger partial charge on any atom is 0.0991 e. The lowest BCUT2D eigenvalue weighted by Crippen LogP contribution is -2.38. The second-order valence-corrected chi connectivity index (χ2v) is 6.51. The van der Waals surface area contributed by atoms with Gasteiger partial charge >= 0.3 is 0 Å². The Morgan fingerprint density at radius 3 is 2.45 bits per heavy atom. The van der Waals surface area contributed by atoms with Gasteiger partial charge in [-0.05, 0) is 48.9 Å². The molecule has 2 nitrogen and oxygen atoms in total. The summed E-state index contributed by atoms with van der Waals surface area (Å²) in [7, 11) is 0. The van der Waals surface area contributed by atoms with Crippen LogP contribution in [0.4, 0.5) is 0 Å². The zero-order valence-electron chi connectivity index (χ0n) is 13.0. The monoisotopic (exact) mass is 290 g/mol. The Bertz CT molecular complexity index is 692. The van der Waals surface area contributed by atoms with E-state index in [0.29, 0.717) is 5.56 Å². The molecule has 2 heteroatoms. The van der Waals surface area contributed by atoms with Crippen LogP contribution in [-0.4, -0.2) is 0 Å². The third kappa shape index (κ3) is 3.05. The number of hydrogen-bond donors (Lipinski definition) is 1. The third-order valence-corrected chi connectivity index (χ3v) is 4.71. The summed E-state index contributed by atoms with van der Waals surface area (Å²) in [5, 5.41) is 8.99. The van der Waals surface area contributed by atoms with Crippen molar-refractivity contribution >= 4 is 0 Å². The predicted octanol–water partition coefficient (Wildman–Crippen LogP) is 4.26. The lowest BCUT2D eigenvalue weighted by molar-refractivity contribution is 0.455. The molecule has 0 amide bonds. The zero-order valence-corrected chi connectivity index (χ0v) is 13.0. The Hall–Kier alpha value is -2.11.